The van der Waals surface area contributed by atoms with E-state index in [1.807, 2.05) is 36.5 Å². The summed E-state index contributed by atoms with van der Waals surface area (Å²) in [7, 11) is 0. The van der Waals surface area contributed by atoms with Crippen molar-refractivity contribution in [1.29, 1.82) is 5.26 Å². The molecule has 1 unspecified atom stereocenters. The normalized spacial score (nSPS) is 14.8. The van der Waals surface area contributed by atoms with Gasteiger partial charge in [-0.15, -0.1) is 0 Å². The molecule has 1 atom stereocenters. The molecule has 5 rings (SSSR count). The highest BCUT2D eigenvalue weighted by molar-refractivity contribution is 5.95. The summed E-state index contributed by atoms with van der Waals surface area (Å²) >= 11 is 0. The second-order valence-electron chi connectivity index (χ2n) is 10.3. The Kier molecular flexibility index (Phi) is 9.24. The molecule has 3 heterocycles. The number of aldehydes is 2. The average Bonchev–Trinajstić information content (AvgIpc) is 3.04. The van der Waals surface area contributed by atoms with Crippen LogP contribution in [0.3, 0.4) is 0 Å². The van der Waals surface area contributed by atoms with Crippen molar-refractivity contribution >= 4 is 34.9 Å². The van der Waals surface area contributed by atoms with Gasteiger partial charge in [-0.25, -0.2) is 4.98 Å². The van der Waals surface area contributed by atoms with Crippen LogP contribution in [0, 0.1) is 11.3 Å². The van der Waals surface area contributed by atoms with E-state index < -0.39 is 0 Å². The van der Waals surface area contributed by atoms with Crippen molar-refractivity contribution in [1.82, 2.24) is 9.97 Å². The second-order valence-corrected chi connectivity index (χ2v) is 10.3. The van der Waals surface area contributed by atoms with Gasteiger partial charge in [-0.05, 0) is 74.7 Å². The molecule has 9 heteroatoms. The summed E-state index contributed by atoms with van der Waals surface area (Å²) in [5, 5.41) is 10.5. The first-order valence-corrected chi connectivity index (χ1v) is 14.2. The van der Waals surface area contributed by atoms with Crippen LogP contribution in [-0.2, 0) is 0 Å². The number of ether oxygens (including phenoxy) is 2. The third-order valence-electron chi connectivity index (χ3n) is 7.51. The molecule has 1 aliphatic rings. The molecule has 1 saturated heterocycles. The Morgan fingerprint density at radius 1 is 0.952 bits per heavy atom. The maximum atomic E-state index is 11.1. The summed E-state index contributed by atoms with van der Waals surface area (Å²) in [4.78, 5) is 35.7. The lowest BCUT2D eigenvalue weighted by molar-refractivity contribution is 0.109. The molecular formula is C33H33N5O4. The topological polar surface area (TPSA) is 109 Å². The zero-order valence-electron chi connectivity index (χ0n) is 23.6. The molecule has 4 aromatic rings. The highest BCUT2D eigenvalue weighted by Gasteiger charge is 2.26. The lowest BCUT2D eigenvalue weighted by atomic mass is 10.0. The number of carbonyl (C=O) groups excluding carboxylic acids is 2. The fourth-order valence-corrected chi connectivity index (χ4v) is 5.29. The Labute approximate surface area is 245 Å². The van der Waals surface area contributed by atoms with Crippen molar-refractivity contribution in [3.63, 3.8) is 0 Å². The van der Waals surface area contributed by atoms with Gasteiger partial charge < -0.3 is 19.3 Å². The smallest absolute Gasteiger partial charge is 0.213 e. The fourth-order valence-electron chi connectivity index (χ4n) is 5.29. The van der Waals surface area contributed by atoms with Crippen LogP contribution >= 0.6 is 0 Å². The number of fused-ring (bicyclic) bond motifs is 1. The summed E-state index contributed by atoms with van der Waals surface area (Å²) in [6.45, 7) is 5.86. The molecule has 2 aromatic carbocycles. The fraction of sp³-hybridized carbons (Fsp3) is 0.303. The van der Waals surface area contributed by atoms with E-state index in [2.05, 4.69) is 38.8 Å². The number of hydrogen-bond donors (Lipinski definition) is 0. The number of pyridine rings is 2. The summed E-state index contributed by atoms with van der Waals surface area (Å²) < 4.78 is 11.5. The largest absolute Gasteiger partial charge is 0.494 e. The lowest BCUT2D eigenvalue weighted by Gasteiger charge is -2.42. The maximum Gasteiger partial charge on any atom is 0.213 e. The van der Waals surface area contributed by atoms with Crippen molar-refractivity contribution in [2.75, 3.05) is 42.6 Å². The Bertz CT molecular complexity index is 1580. The van der Waals surface area contributed by atoms with E-state index in [-0.39, 0.29) is 6.04 Å². The number of benzene rings is 2. The number of anilines is 2. The van der Waals surface area contributed by atoms with Crippen molar-refractivity contribution < 1.29 is 19.1 Å². The van der Waals surface area contributed by atoms with E-state index in [0.717, 1.165) is 61.2 Å². The van der Waals surface area contributed by atoms with Crippen molar-refractivity contribution in [2.24, 2.45) is 0 Å². The second kappa shape index (κ2) is 13.6. The van der Waals surface area contributed by atoms with E-state index >= 15 is 0 Å². The van der Waals surface area contributed by atoms with Gasteiger partial charge in [0.15, 0.2) is 12.6 Å². The highest BCUT2D eigenvalue weighted by Crippen LogP contribution is 2.31. The summed E-state index contributed by atoms with van der Waals surface area (Å²) in [6, 6.07) is 19.2. The Balaban J connectivity index is 1.06. The summed E-state index contributed by atoms with van der Waals surface area (Å²) in [6.07, 6.45) is 7.57. The van der Waals surface area contributed by atoms with Crippen LogP contribution in [0.15, 0.2) is 67.0 Å². The quantitative estimate of drug-likeness (QED) is 0.164. The van der Waals surface area contributed by atoms with E-state index in [9.17, 15) is 14.9 Å². The molecular weight excluding hydrogens is 530 g/mol. The Morgan fingerprint density at radius 2 is 1.79 bits per heavy atom. The number of aromatic nitrogens is 2. The van der Waals surface area contributed by atoms with E-state index in [4.69, 9.17) is 9.47 Å². The molecule has 0 radical (unpaired) electrons. The minimum Gasteiger partial charge on any atom is -0.494 e. The van der Waals surface area contributed by atoms with Gasteiger partial charge in [-0.2, -0.15) is 5.26 Å². The minimum absolute atomic E-state index is 0.262. The van der Waals surface area contributed by atoms with Crippen LogP contribution in [-0.4, -0.2) is 61.4 Å². The van der Waals surface area contributed by atoms with E-state index in [0.29, 0.717) is 54.1 Å². The van der Waals surface area contributed by atoms with Gasteiger partial charge in [-0.1, -0.05) is 0 Å². The first-order chi connectivity index (χ1) is 20.6. The van der Waals surface area contributed by atoms with Crippen molar-refractivity contribution in [3.05, 3.63) is 83.7 Å². The summed E-state index contributed by atoms with van der Waals surface area (Å²) in [5.41, 5.74) is 4.21. The standard InChI is InChI=1S/C33H33N5O4/c1-24-21-37(14-15-38(24)31-11-8-25(19-34)33-30(31)6-5-13-35-33)28-9-12-32(36-20-28)42-17-4-2-3-16-41-29-10-7-26(22-39)27(18-29)23-40/h5-13,18,20,22-24H,2-4,14-17,21H2,1H3. The van der Waals surface area contributed by atoms with Gasteiger partial charge in [0.25, 0.3) is 0 Å². The molecule has 0 amide bonds. The molecule has 1 fully saturated rings. The SMILES string of the molecule is CC1CN(c2ccc(OCCCCCOc3ccc(C=O)c(C=O)c3)nc2)CCN1c1ccc(C#N)c2ncccc12. The first-order valence-electron chi connectivity index (χ1n) is 14.2. The monoisotopic (exact) mass is 563 g/mol. The Hall–Kier alpha value is -4.97. The minimum atomic E-state index is 0.262. The van der Waals surface area contributed by atoms with Gasteiger partial charge >= 0.3 is 0 Å². The molecule has 0 saturated carbocycles. The number of carbonyl (C=O) groups is 2. The van der Waals surface area contributed by atoms with Gasteiger partial charge in [0.05, 0.1) is 36.2 Å². The molecule has 0 aliphatic carbocycles. The maximum absolute atomic E-state index is 11.1. The molecule has 214 valence electrons. The molecule has 2 aromatic heterocycles. The van der Waals surface area contributed by atoms with Crippen LogP contribution in [0.1, 0.15) is 52.5 Å². The number of hydrogen-bond acceptors (Lipinski definition) is 9. The van der Waals surface area contributed by atoms with E-state index in [1.54, 1.807) is 24.4 Å². The van der Waals surface area contributed by atoms with Gasteiger partial charge in [0, 0.05) is 60.1 Å². The number of nitrogens with zero attached hydrogens (tertiary/aromatic N) is 5. The first kappa shape index (κ1) is 28.6. The van der Waals surface area contributed by atoms with Gasteiger partial charge in [0.1, 0.15) is 11.8 Å². The van der Waals surface area contributed by atoms with Crippen LogP contribution in [0.25, 0.3) is 10.9 Å². The third-order valence-corrected chi connectivity index (χ3v) is 7.51. The summed E-state index contributed by atoms with van der Waals surface area (Å²) in [5.74, 6) is 1.19. The zero-order chi connectivity index (χ0) is 29.3. The number of unbranched alkanes of at least 4 members (excludes halogenated alkanes) is 2. The predicted octanol–water partition coefficient (Wildman–Crippen LogP) is 5.47. The lowest BCUT2D eigenvalue weighted by Crippen LogP contribution is -2.52. The van der Waals surface area contributed by atoms with E-state index in [1.165, 1.54) is 0 Å². The van der Waals surface area contributed by atoms with Crippen LogP contribution in [0.2, 0.25) is 0 Å². The van der Waals surface area contributed by atoms with Crippen molar-refractivity contribution in [3.8, 4) is 17.7 Å². The molecule has 9 nitrogen and oxygen atoms in total. The number of piperazine rings is 1. The molecule has 0 N–H and O–H groups in total. The molecule has 42 heavy (non-hydrogen) atoms. The molecule has 1 aliphatic heterocycles. The van der Waals surface area contributed by atoms with Crippen LogP contribution in [0.5, 0.6) is 11.6 Å². The van der Waals surface area contributed by atoms with Crippen molar-refractivity contribution in [2.45, 2.75) is 32.2 Å². The average molecular weight is 564 g/mol. The third kappa shape index (κ3) is 6.50. The molecule has 0 spiro atoms. The number of rotatable bonds is 12. The molecule has 0 bridgehead atoms. The van der Waals surface area contributed by atoms with Gasteiger partial charge in [0.2, 0.25) is 5.88 Å². The van der Waals surface area contributed by atoms with Crippen LogP contribution < -0.4 is 19.3 Å². The predicted molar refractivity (Wildman–Crippen MR) is 162 cm³/mol. The van der Waals surface area contributed by atoms with Crippen LogP contribution in [0.4, 0.5) is 11.4 Å². The highest BCUT2D eigenvalue weighted by atomic mass is 16.5. The number of nitriles is 1. The zero-order valence-corrected chi connectivity index (χ0v) is 23.6. The van der Waals surface area contributed by atoms with Gasteiger partial charge in [-0.3, -0.25) is 14.6 Å². The Morgan fingerprint density at radius 3 is 2.52 bits per heavy atom.